The van der Waals surface area contributed by atoms with Gasteiger partial charge in [-0.25, -0.2) is 9.79 Å². The fraction of sp³-hybridized carbons (Fsp3) is 0.120. The maximum atomic E-state index is 12.4. The summed E-state index contributed by atoms with van der Waals surface area (Å²) in [5, 5.41) is 0.818. The van der Waals surface area contributed by atoms with Crippen molar-refractivity contribution in [3.63, 3.8) is 0 Å². The fourth-order valence-electron chi connectivity index (χ4n) is 3.18. The second-order valence-corrected chi connectivity index (χ2v) is 9.66. The summed E-state index contributed by atoms with van der Waals surface area (Å²) in [6.07, 6.45) is 1.62. The molecule has 174 valence electrons. The Kier molecular flexibility index (Phi) is 7.99. The van der Waals surface area contributed by atoms with E-state index in [2.05, 4.69) is 36.9 Å². The van der Waals surface area contributed by atoms with E-state index in [9.17, 15) is 4.79 Å². The number of ether oxygens (including phenoxy) is 3. The Bertz CT molecular complexity index is 1320. The van der Waals surface area contributed by atoms with Gasteiger partial charge in [0, 0.05) is 15.1 Å². The standard InChI is InChI=1S/C25H17Br2Cl2NO4/c1-2-32-22-11-14(9-19(27)23(22)33-13-15-5-3-4-6-18(15)26)10-21-25(31)34-24(30-21)17-8-7-16(28)12-20(17)29/h3-12H,2,13H2,1H3/b21-10-. The molecule has 9 heteroatoms. The molecule has 0 saturated heterocycles. The molecule has 0 atom stereocenters. The van der Waals surface area contributed by atoms with Crippen molar-refractivity contribution in [3.8, 4) is 11.5 Å². The van der Waals surface area contributed by atoms with Crippen LogP contribution in [-0.4, -0.2) is 18.5 Å². The zero-order chi connectivity index (χ0) is 24.2. The Balaban J connectivity index is 1.63. The Hall–Kier alpha value is -2.32. The quantitative estimate of drug-likeness (QED) is 0.198. The van der Waals surface area contributed by atoms with Crippen LogP contribution in [0.3, 0.4) is 0 Å². The third-order valence-electron chi connectivity index (χ3n) is 4.75. The Morgan fingerprint density at radius 2 is 1.82 bits per heavy atom. The smallest absolute Gasteiger partial charge is 0.363 e. The van der Waals surface area contributed by atoms with Crippen molar-refractivity contribution in [1.82, 2.24) is 0 Å². The van der Waals surface area contributed by atoms with Crippen LogP contribution < -0.4 is 9.47 Å². The predicted molar refractivity (Wildman–Crippen MR) is 141 cm³/mol. The minimum Gasteiger partial charge on any atom is -0.490 e. The van der Waals surface area contributed by atoms with Gasteiger partial charge in [0.2, 0.25) is 5.90 Å². The molecule has 4 rings (SSSR count). The summed E-state index contributed by atoms with van der Waals surface area (Å²) in [6.45, 7) is 2.68. The molecular weight excluding hydrogens is 609 g/mol. The second kappa shape index (κ2) is 11.0. The molecule has 0 aliphatic carbocycles. The molecule has 0 aromatic heterocycles. The van der Waals surface area contributed by atoms with Crippen LogP contribution in [-0.2, 0) is 16.1 Å². The maximum Gasteiger partial charge on any atom is 0.363 e. The molecule has 0 bridgehead atoms. The van der Waals surface area contributed by atoms with Gasteiger partial charge < -0.3 is 14.2 Å². The number of aliphatic imine (C=N–C) groups is 1. The minimum absolute atomic E-state index is 0.121. The summed E-state index contributed by atoms with van der Waals surface area (Å²) in [7, 11) is 0. The lowest BCUT2D eigenvalue weighted by atomic mass is 10.1. The van der Waals surface area contributed by atoms with Crippen LogP contribution in [0, 0.1) is 0 Å². The van der Waals surface area contributed by atoms with Gasteiger partial charge in [-0.05, 0) is 70.9 Å². The monoisotopic (exact) mass is 623 g/mol. The van der Waals surface area contributed by atoms with Crippen LogP contribution >= 0.6 is 55.1 Å². The van der Waals surface area contributed by atoms with E-state index >= 15 is 0 Å². The lowest BCUT2D eigenvalue weighted by Gasteiger charge is -2.15. The summed E-state index contributed by atoms with van der Waals surface area (Å²) in [4.78, 5) is 16.8. The summed E-state index contributed by atoms with van der Waals surface area (Å²) >= 11 is 19.3. The molecule has 0 spiro atoms. The number of benzene rings is 3. The number of cyclic esters (lactones) is 1. The highest BCUT2D eigenvalue weighted by atomic mass is 79.9. The molecule has 0 unspecified atom stereocenters. The first-order chi connectivity index (χ1) is 16.4. The molecule has 5 nitrogen and oxygen atoms in total. The summed E-state index contributed by atoms with van der Waals surface area (Å²) in [5.41, 5.74) is 2.30. The molecular formula is C25H17Br2Cl2NO4. The number of rotatable bonds is 7. The minimum atomic E-state index is -0.579. The van der Waals surface area contributed by atoms with Gasteiger partial charge in [0.1, 0.15) is 6.61 Å². The topological polar surface area (TPSA) is 57.1 Å². The van der Waals surface area contributed by atoms with Crippen LogP contribution in [0.4, 0.5) is 0 Å². The zero-order valence-electron chi connectivity index (χ0n) is 17.8. The number of nitrogens with zero attached hydrogens (tertiary/aromatic N) is 1. The first-order valence-corrected chi connectivity index (χ1v) is 12.5. The van der Waals surface area contributed by atoms with Gasteiger partial charge in [-0.2, -0.15) is 0 Å². The number of hydrogen-bond donors (Lipinski definition) is 0. The van der Waals surface area contributed by atoms with Crippen molar-refractivity contribution < 1.29 is 19.0 Å². The Labute approximate surface area is 223 Å². The fourth-order valence-corrected chi connectivity index (χ4v) is 4.65. The SMILES string of the molecule is CCOc1cc(/C=C2\N=C(c3ccc(Cl)cc3Cl)OC2=O)cc(Br)c1OCc1ccccc1Br. The van der Waals surface area contributed by atoms with Crippen LogP contribution in [0.2, 0.25) is 10.0 Å². The largest absolute Gasteiger partial charge is 0.490 e. The molecule has 3 aromatic rings. The van der Waals surface area contributed by atoms with Crippen molar-refractivity contribution in [1.29, 1.82) is 0 Å². The molecule has 0 N–H and O–H groups in total. The van der Waals surface area contributed by atoms with Crippen LogP contribution in [0.15, 0.2) is 74.2 Å². The van der Waals surface area contributed by atoms with E-state index in [1.807, 2.05) is 37.3 Å². The van der Waals surface area contributed by atoms with Gasteiger partial charge in [-0.3, -0.25) is 0 Å². The highest BCUT2D eigenvalue weighted by Crippen LogP contribution is 2.39. The maximum absolute atomic E-state index is 12.4. The molecule has 0 radical (unpaired) electrons. The van der Waals surface area contributed by atoms with E-state index in [1.165, 1.54) is 0 Å². The number of esters is 1. The third kappa shape index (κ3) is 5.66. The lowest BCUT2D eigenvalue weighted by Crippen LogP contribution is -2.06. The van der Waals surface area contributed by atoms with Gasteiger partial charge in [0.15, 0.2) is 17.2 Å². The van der Waals surface area contributed by atoms with Gasteiger partial charge in [-0.1, -0.05) is 57.3 Å². The van der Waals surface area contributed by atoms with Crippen LogP contribution in [0.25, 0.3) is 6.08 Å². The van der Waals surface area contributed by atoms with E-state index in [0.29, 0.717) is 50.4 Å². The average molecular weight is 626 g/mol. The van der Waals surface area contributed by atoms with Crippen molar-refractivity contribution >= 4 is 73.0 Å². The van der Waals surface area contributed by atoms with Crippen molar-refractivity contribution in [3.05, 3.63) is 96.0 Å². The molecule has 1 aliphatic heterocycles. The number of hydrogen-bond acceptors (Lipinski definition) is 5. The van der Waals surface area contributed by atoms with E-state index < -0.39 is 5.97 Å². The molecule has 0 fully saturated rings. The van der Waals surface area contributed by atoms with Crippen molar-refractivity contribution in [2.75, 3.05) is 6.61 Å². The van der Waals surface area contributed by atoms with Crippen molar-refractivity contribution in [2.24, 2.45) is 4.99 Å². The van der Waals surface area contributed by atoms with Gasteiger partial charge in [0.25, 0.3) is 0 Å². The number of carbonyl (C=O) groups excluding carboxylic acids is 1. The van der Waals surface area contributed by atoms with Crippen LogP contribution in [0.1, 0.15) is 23.6 Å². The van der Waals surface area contributed by atoms with Crippen molar-refractivity contribution in [2.45, 2.75) is 13.5 Å². The summed E-state index contributed by atoms with van der Waals surface area (Å²) < 4.78 is 18.8. The highest BCUT2D eigenvalue weighted by Gasteiger charge is 2.26. The second-order valence-electron chi connectivity index (χ2n) is 7.10. The molecule has 1 heterocycles. The molecule has 1 aliphatic rings. The first-order valence-electron chi connectivity index (χ1n) is 10.2. The highest BCUT2D eigenvalue weighted by molar-refractivity contribution is 9.10. The zero-order valence-corrected chi connectivity index (χ0v) is 22.5. The van der Waals surface area contributed by atoms with Gasteiger partial charge in [0.05, 0.1) is 21.7 Å². The molecule has 0 saturated carbocycles. The van der Waals surface area contributed by atoms with E-state index in [1.54, 1.807) is 30.3 Å². The first kappa shape index (κ1) is 24.8. The van der Waals surface area contributed by atoms with Gasteiger partial charge >= 0.3 is 5.97 Å². The third-order valence-corrected chi connectivity index (χ3v) is 6.66. The van der Waals surface area contributed by atoms with E-state index in [-0.39, 0.29) is 11.6 Å². The summed E-state index contributed by atoms with van der Waals surface area (Å²) in [5.74, 6) is 0.637. The molecule has 34 heavy (non-hydrogen) atoms. The number of carbonyl (C=O) groups is 1. The van der Waals surface area contributed by atoms with Gasteiger partial charge in [-0.15, -0.1) is 0 Å². The van der Waals surface area contributed by atoms with E-state index in [4.69, 9.17) is 37.4 Å². The number of halogens is 4. The Morgan fingerprint density at radius 1 is 1.03 bits per heavy atom. The Morgan fingerprint density at radius 3 is 2.56 bits per heavy atom. The van der Waals surface area contributed by atoms with E-state index in [0.717, 1.165) is 10.0 Å². The average Bonchev–Trinajstić information content (AvgIpc) is 3.14. The predicted octanol–water partition coefficient (Wildman–Crippen LogP) is 7.84. The normalized spacial score (nSPS) is 14.2. The molecule has 3 aromatic carbocycles. The van der Waals surface area contributed by atoms with Crippen LogP contribution in [0.5, 0.6) is 11.5 Å². The lowest BCUT2D eigenvalue weighted by molar-refractivity contribution is -0.129. The molecule has 0 amide bonds. The summed E-state index contributed by atoms with van der Waals surface area (Å²) in [6, 6.07) is 16.3.